The zero-order valence-corrected chi connectivity index (χ0v) is 14.1. The van der Waals surface area contributed by atoms with E-state index in [1.165, 1.54) is 54.4 Å². The van der Waals surface area contributed by atoms with Gasteiger partial charge in [0, 0.05) is 0 Å². The molecule has 0 atom stereocenters. The molecule has 3 aromatic rings. The molecule has 1 aliphatic rings. The molecule has 1 aliphatic carbocycles. The first-order valence-corrected chi connectivity index (χ1v) is 9.16. The van der Waals surface area contributed by atoms with Gasteiger partial charge >= 0.3 is 0 Å². The minimum Gasteiger partial charge on any atom is -0.0622 e. The van der Waals surface area contributed by atoms with Gasteiger partial charge in [-0.1, -0.05) is 92.1 Å². The average molecular weight is 312 g/mol. The van der Waals surface area contributed by atoms with Gasteiger partial charge in [-0.2, -0.15) is 0 Å². The average Bonchev–Trinajstić information content (AvgIpc) is 2.69. The maximum Gasteiger partial charge on any atom is -0.0143 e. The van der Waals surface area contributed by atoms with Crippen molar-refractivity contribution >= 4 is 0 Å². The van der Waals surface area contributed by atoms with Gasteiger partial charge in [-0.15, -0.1) is 0 Å². The third kappa shape index (κ3) is 3.14. The number of hydrogen-bond acceptors (Lipinski definition) is 0. The van der Waals surface area contributed by atoms with Crippen LogP contribution < -0.4 is 0 Å². The zero-order valence-electron chi connectivity index (χ0n) is 14.1. The molecule has 3 aromatic carbocycles. The first-order chi connectivity index (χ1) is 11.9. The highest BCUT2D eigenvalue weighted by molar-refractivity contribution is 5.76. The van der Waals surface area contributed by atoms with Crippen LogP contribution in [-0.2, 0) is 0 Å². The molecule has 0 bridgehead atoms. The lowest BCUT2D eigenvalue weighted by Gasteiger charge is -2.25. The Labute approximate surface area is 145 Å². The number of rotatable bonds is 3. The van der Waals surface area contributed by atoms with Gasteiger partial charge in [-0.05, 0) is 52.6 Å². The van der Waals surface area contributed by atoms with Crippen molar-refractivity contribution in [2.45, 2.75) is 38.0 Å². The Kier molecular flexibility index (Phi) is 4.46. The first-order valence-electron chi connectivity index (χ1n) is 9.16. The molecule has 0 aromatic heterocycles. The van der Waals surface area contributed by atoms with Gasteiger partial charge in [0.05, 0.1) is 0 Å². The number of hydrogen-bond donors (Lipinski definition) is 0. The van der Waals surface area contributed by atoms with Gasteiger partial charge in [0.1, 0.15) is 0 Å². The van der Waals surface area contributed by atoms with Crippen LogP contribution in [-0.4, -0.2) is 0 Å². The Hall–Kier alpha value is -2.34. The third-order valence-corrected chi connectivity index (χ3v) is 5.29. The van der Waals surface area contributed by atoms with Gasteiger partial charge in [0.2, 0.25) is 0 Å². The van der Waals surface area contributed by atoms with Gasteiger partial charge in [0.15, 0.2) is 0 Å². The van der Waals surface area contributed by atoms with Crippen molar-refractivity contribution in [2.75, 3.05) is 0 Å². The van der Waals surface area contributed by atoms with Gasteiger partial charge in [0.25, 0.3) is 0 Å². The summed E-state index contributed by atoms with van der Waals surface area (Å²) in [5, 5.41) is 0. The molecule has 4 rings (SSSR count). The van der Waals surface area contributed by atoms with E-state index in [0.29, 0.717) is 0 Å². The van der Waals surface area contributed by atoms with Crippen molar-refractivity contribution in [3.05, 3.63) is 84.4 Å². The second-order valence-electron chi connectivity index (χ2n) is 6.87. The van der Waals surface area contributed by atoms with Crippen molar-refractivity contribution in [3.63, 3.8) is 0 Å². The molecule has 0 heterocycles. The van der Waals surface area contributed by atoms with Gasteiger partial charge in [-0.25, -0.2) is 0 Å². The van der Waals surface area contributed by atoms with Crippen LogP contribution in [0.5, 0.6) is 0 Å². The normalized spacial score (nSPS) is 15.3. The Morgan fingerprint density at radius 3 is 1.83 bits per heavy atom. The molecule has 0 N–H and O–H groups in total. The summed E-state index contributed by atoms with van der Waals surface area (Å²) in [5.41, 5.74) is 6.92. The summed E-state index contributed by atoms with van der Waals surface area (Å²) in [6.45, 7) is 0. The van der Waals surface area contributed by atoms with Gasteiger partial charge in [-0.3, -0.25) is 0 Å². The van der Waals surface area contributed by atoms with Crippen molar-refractivity contribution in [1.82, 2.24) is 0 Å². The van der Waals surface area contributed by atoms with E-state index in [9.17, 15) is 0 Å². The molecule has 0 radical (unpaired) electrons. The van der Waals surface area contributed by atoms with Crippen molar-refractivity contribution in [1.29, 1.82) is 0 Å². The summed E-state index contributed by atoms with van der Waals surface area (Å²) in [7, 11) is 0. The second kappa shape index (κ2) is 7.05. The Morgan fingerprint density at radius 1 is 0.542 bits per heavy atom. The van der Waals surface area contributed by atoms with Crippen LogP contribution in [0.25, 0.3) is 22.3 Å². The molecule has 0 nitrogen and oxygen atoms in total. The maximum absolute atomic E-state index is 2.40. The van der Waals surface area contributed by atoms with Crippen LogP contribution in [0.15, 0.2) is 78.9 Å². The molecule has 0 aliphatic heterocycles. The molecule has 0 saturated heterocycles. The van der Waals surface area contributed by atoms with E-state index >= 15 is 0 Å². The molecular formula is C24H24. The minimum absolute atomic E-state index is 0.721. The topological polar surface area (TPSA) is 0 Å². The van der Waals surface area contributed by atoms with E-state index in [1.807, 2.05) is 0 Å². The standard InChI is InChI=1S/C24H24/c1-4-10-19(11-5-1)22-16-17-23(20-12-6-2-7-13-20)24(18-22)21-14-8-3-9-15-21/h1,3-5,8-11,14-18,20H,2,6-7,12-13H2. The fourth-order valence-electron chi connectivity index (χ4n) is 4.00. The van der Waals surface area contributed by atoms with Crippen molar-refractivity contribution < 1.29 is 0 Å². The SMILES string of the molecule is c1ccc(-c2ccc(C3CCCCC3)c(-c3ccccc3)c2)cc1. The molecular weight excluding hydrogens is 288 g/mol. The maximum atomic E-state index is 2.40. The Morgan fingerprint density at radius 2 is 1.17 bits per heavy atom. The molecule has 1 fully saturated rings. The monoisotopic (exact) mass is 312 g/mol. The van der Waals surface area contributed by atoms with E-state index in [2.05, 4.69) is 78.9 Å². The summed E-state index contributed by atoms with van der Waals surface area (Å²) < 4.78 is 0. The Balaban J connectivity index is 1.82. The third-order valence-electron chi connectivity index (χ3n) is 5.29. The smallest absolute Gasteiger partial charge is 0.0143 e. The summed E-state index contributed by atoms with van der Waals surface area (Å²) in [4.78, 5) is 0. The highest BCUT2D eigenvalue weighted by Crippen LogP contribution is 2.39. The second-order valence-corrected chi connectivity index (χ2v) is 6.87. The lowest BCUT2D eigenvalue weighted by molar-refractivity contribution is 0.444. The van der Waals surface area contributed by atoms with Crippen LogP contribution in [0.2, 0.25) is 0 Å². The zero-order chi connectivity index (χ0) is 16.2. The van der Waals surface area contributed by atoms with Crippen LogP contribution in [0.3, 0.4) is 0 Å². The Bertz CT molecular complexity index is 781. The molecule has 0 unspecified atom stereocenters. The fourth-order valence-corrected chi connectivity index (χ4v) is 4.00. The quantitative estimate of drug-likeness (QED) is 0.485. The first kappa shape index (κ1) is 15.2. The largest absolute Gasteiger partial charge is 0.0622 e. The lowest BCUT2D eigenvalue weighted by atomic mass is 9.80. The van der Waals surface area contributed by atoms with E-state index in [-0.39, 0.29) is 0 Å². The predicted octanol–water partition coefficient (Wildman–Crippen LogP) is 7.07. The summed E-state index contributed by atoms with van der Waals surface area (Å²) >= 11 is 0. The van der Waals surface area contributed by atoms with Crippen molar-refractivity contribution in [2.24, 2.45) is 0 Å². The summed E-state index contributed by atoms with van der Waals surface area (Å²) in [6.07, 6.45) is 6.83. The molecule has 0 heteroatoms. The predicted molar refractivity (Wildman–Crippen MR) is 103 cm³/mol. The van der Waals surface area contributed by atoms with E-state index < -0.39 is 0 Å². The highest BCUT2D eigenvalue weighted by atomic mass is 14.2. The molecule has 24 heavy (non-hydrogen) atoms. The van der Waals surface area contributed by atoms with E-state index in [1.54, 1.807) is 5.56 Å². The fraction of sp³-hybridized carbons (Fsp3) is 0.250. The van der Waals surface area contributed by atoms with Gasteiger partial charge < -0.3 is 0 Å². The van der Waals surface area contributed by atoms with E-state index in [0.717, 1.165) is 5.92 Å². The summed E-state index contributed by atoms with van der Waals surface area (Å²) in [5.74, 6) is 0.721. The van der Waals surface area contributed by atoms with Crippen LogP contribution in [0.1, 0.15) is 43.6 Å². The number of benzene rings is 3. The molecule has 120 valence electrons. The highest BCUT2D eigenvalue weighted by Gasteiger charge is 2.19. The molecule has 0 amide bonds. The summed E-state index contributed by atoms with van der Waals surface area (Å²) in [6, 6.07) is 28.7. The van der Waals surface area contributed by atoms with Crippen molar-refractivity contribution in [3.8, 4) is 22.3 Å². The minimum atomic E-state index is 0.721. The lowest BCUT2D eigenvalue weighted by Crippen LogP contribution is -2.06. The van der Waals surface area contributed by atoms with Crippen LogP contribution in [0, 0.1) is 0 Å². The van der Waals surface area contributed by atoms with Crippen LogP contribution in [0.4, 0.5) is 0 Å². The molecule has 0 spiro atoms. The van der Waals surface area contributed by atoms with Crippen LogP contribution >= 0.6 is 0 Å². The van der Waals surface area contributed by atoms with E-state index in [4.69, 9.17) is 0 Å². The molecule has 1 saturated carbocycles.